The number of rotatable bonds is 21. The van der Waals surface area contributed by atoms with Crippen molar-refractivity contribution in [2.75, 3.05) is 6.54 Å². The van der Waals surface area contributed by atoms with Gasteiger partial charge < -0.3 is 11.1 Å². The number of nitrogens with one attached hydrogen (secondary N) is 1. The number of hydrogen-bond donors (Lipinski definition) is 2. The summed E-state index contributed by atoms with van der Waals surface area (Å²) in [6.45, 7) is 9.97. The van der Waals surface area contributed by atoms with Crippen molar-refractivity contribution in [1.29, 1.82) is 0 Å². The Labute approximate surface area is 225 Å². The van der Waals surface area contributed by atoms with Gasteiger partial charge in [0.05, 0.1) is 0 Å². The van der Waals surface area contributed by atoms with Crippen LogP contribution in [0.15, 0.2) is 30.3 Å². The number of halogens is 1. The minimum atomic E-state index is -0.153. The number of nitrogens with two attached hydrogens (primary N) is 1. The van der Waals surface area contributed by atoms with E-state index in [2.05, 4.69) is 63.3 Å². The van der Waals surface area contributed by atoms with Crippen molar-refractivity contribution in [3.63, 3.8) is 0 Å². The largest absolute Gasteiger partial charge is 0.370 e. The van der Waals surface area contributed by atoms with Gasteiger partial charge in [-0.25, -0.2) is 0 Å². The van der Waals surface area contributed by atoms with Crippen LogP contribution in [-0.4, -0.2) is 12.5 Å². The molecular weight excluding hydrogens is 452 g/mol. The predicted octanol–water partition coefficient (Wildman–Crippen LogP) is 9.47. The molecule has 206 valence electrons. The van der Waals surface area contributed by atoms with Gasteiger partial charge in [-0.05, 0) is 31.4 Å². The number of amides is 1. The highest BCUT2D eigenvalue weighted by atomic mass is 35.5. The number of hydrogen-bond acceptors (Lipinski definition) is 2. The van der Waals surface area contributed by atoms with Crippen LogP contribution in [0, 0.1) is 0 Å². The first-order valence-corrected chi connectivity index (χ1v) is 14.6. The minimum Gasteiger partial charge on any atom is -0.370 e. The lowest BCUT2D eigenvalue weighted by molar-refractivity contribution is -0.118. The fraction of sp³-hybridized carbons (Fsp3) is 0.774. The fourth-order valence-electron chi connectivity index (χ4n) is 4.78. The zero-order chi connectivity index (χ0) is 25.3. The van der Waals surface area contributed by atoms with Crippen molar-refractivity contribution in [3.05, 3.63) is 35.9 Å². The Morgan fingerprint density at radius 2 is 1.09 bits per heavy atom. The molecule has 0 radical (unpaired) electrons. The molecule has 0 aliphatic carbocycles. The summed E-state index contributed by atoms with van der Waals surface area (Å²) in [6.07, 6.45) is 23.2. The molecule has 0 saturated carbocycles. The van der Waals surface area contributed by atoms with Gasteiger partial charge in [-0.2, -0.15) is 0 Å². The first-order chi connectivity index (χ1) is 16.6. The summed E-state index contributed by atoms with van der Waals surface area (Å²) in [4.78, 5) is 10.6. The molecule has 0 fully saturated rings. The maximum Gasteiger partial charge on any atom is 0.217 e. The molecule has 0 heterocycles. The number of carbonyl (C=O) groups excluding carboxylic acids is 1. The van der Waals surface area contributed by atoms with E-state index in [1.807, 2.05) is 0 Å². The third kappa shape index (κ3) is 19.8. The summed E-state index contributed by atoms with van der Waals surface area (Å²) in [5.41, 5.74) is 6.69. The maximum absolute atomic E-state index is 10.6. The molecule has 4 heteroatoms. The fourth-order valence-corrected chi connectivity index (χ4v) is 4.78. The lowest BCUT2D eigenvalue weighted by atomic mass is 9.85. The van der Waals surface area contributed by atoms with Crippen molar-refractivity contribution < 1.29 is 4.79 Å². The lowest BCUT2D eigenvalue weighted by Gasteiger charge is -2.33. The second-order valence-electron chi connectivity index (χ2n) is 9.85. The Bertz CT molecular complexity index is 560. The zero-order valence-corrected chi connectivity index (χ0v) is 24.5. The topological polar surface area (TPSA) is 55.1 Å². The highest BCUT2D eigenvalue weighted by Gasteiger charge is 2.26. The molecule has 0 aromatic heterocycles. The van der Waals surface area contributed by atoms with Crippen LogP contribution in [-0.2, 0) is 10.3 Å². The van der Waals surface area contributed by atoms with Crippen molar-refractivity contribution in [3.8, 4) is 0 Å². The van der Waals surface area contributed by atoms with Crippen LogP contribution in [0.1, 0.15) is 149 Å². The van der Waals surface area contributed by atoms with Crippen LogP contribution in [0.25, 0.3) is 0 Å². The zero-order valence-electron chi connectivity index (χ0n) is 23.7. The van der Waals surface area contributed by atoms with E-state index in [-0.39, 0.29) is 23.9 Å². The van der Waals surface area contributed by atoms with Gasteiger partial charge in [0.2, 0.25) is 5.91 Å². The van der Waals surface area contributed by atoms with E-state index in [4.69, 9.17) is 5.73 Å². The highest BCUT2D eigenvalue weighted by molar-refractivity contribution is 5.85. The molecule has 0 bridgehead atoms. The first-order valence-electron chi connectivity index (χ1n) is 14.6. The first kappa shape index (κ1) is 36.1. The second kappa shape index (κ2) is 26.0. The molecule has 1 amide bonds. The molecule has 1 rings (SSSR count). The van der Waals surface area contributed by atoms with E-state index in [9.17, 15) is 4.79 Å². The Kier molecular flexibility index (Phi) is 26.8. The van der Waals surface area contributed by atoms with Crippen LogP contribution in [0.3, 0.4) is 0 Å². The Balaban J connectivity index is 0. The normalized spacial score (nSPS) is 10.9. The minimum absolute atomic E-state index is 0. The number of unbranched alkanes of at least 4 members (excludes halogenated alkanes) is 14. The summed E-state index contributed by atoms with van der Waals surface area (Å²) < 4.78 is 0. The standard InChI is InChI=1S/C18H37NO.C13H21N.ClH/c1-2-3-4-5-6-7-8-9-10-11-12-13-14-15-16-17-18(19)20;1-4-13(5-2,14-6-3)12-10-8-7-9-11-12;/h2-17H2,1H3,(H2,19,20);7-11,14H,4-6H2,1-3H3;1H. The van der Waals surface area contributed by atoms with Gasteiger partial charge in [-0.15, -0.1) is 12.4 Å². The van der Waals surface area contributed by atoms with Gasteiger partial charge in [-0.1, -0.05) is 148 Å². The van der Waals surface area contributed by atoms with Gasteiger partial charge in [0, 0.05) is 12.0 Å². The molecular formula is C31H59ClN2O. The summed E-state index contributed by atoms with van der Waals surface area (Å²) >= 11 is 0. The molecule has 1 aromatic carbocycles. The average molecular weight is 511 g/mol. The SMILES string of the molecule is CCCCCCCCCCCCCCCCCC(N)=O.CCNC(CC)(CC)c1ccccc1.Cl. The molecule has 0 aliphatic rings. The summed E-state index contributed by atoms with van der Waals surface area (Å²) in [5.74, 6) is -0.153. The van der Waals surface area contributed by atoms with E-state index in [0.717, 1.165) is 25.8 Å². The van der Waals surface area contributed by atoms with Crippen LogP contribution in [0.2, 0.25) is 0 Å². The predicted molar refractivity (Wildman–Crippen MR) is 158 cm³/mol. The summed E-state index contributed by atoms with van der Waals surface area (Å²) in [6, 6.07) is 10.7. The maximum atomic E-state index is 10.6. The van der Waals surface area contributed by atoms with Gasteiger partial charge in [-0.3, -0.25) is 4.79 Å². The van der Waals surface area contributed by atoms with Crippen LogP contribution in [0.5, 0.6) is 0 Å². The summed E-state index contributed by atoms with van der Waals surface area (Å²) in [5, 5.41) is 3.61. The van der Waals surface area contributed by atoms with E-state index in [0.29, 0.717) is 6.42 Å². The average Bonchev–Trinajstić information content (AvgIpc) is 2.86. The molecule has 0 saturated heterocycles. The van der Waals surface area contributed by atoms with E-state index >= 15 is 0 Å². The van der Waals surface area contributed by atoms with E-state index < -0.39 is 0 Å². The molecule has 3 N–H and O–H groups in total. The molecule has 0 aliphatic heterocycles. The molecule has 3 nitrogen and oxygen atoms in total. The van der Waals surface area contributed by atoms with E-state index in [1.54, 1.807) is 0 Å². The van der Waals surface area contributed by atoms with Crippen molar-refractivity contribution >= 4 is 18.3 Å². The Morgan fingerprint density at radius 3 is 1.43 bits per heavy atom. The Morgan fingerprint density at radius 1 is 0.686 bits per heavy atom. The monoisotopic (exact) mass is 510 g/mol. The van der Waals surface area contributed by atoms with Gasteiger partial charge in [0.1, 0.15) is 0 Å². The Hall–Kier alpha value is -1.06. The van der Waals surface area contributed by atoms with Crippen molar-refractivity contribution in [1.82, 2.24) is 5.32 Å². The van der Waals surface area contributed by atoms with Gasteiger partial charge in [0.15, 0.2) is 0 Å². The lowest BCUT2D eigenvalue weighted by Crippen LogP contribution is -2.41. The van der Waals surface area contributed by atoms with E-state index in [1.165, 1.54) is 95.5 Å². The quantitative estimate of drug-likeness (QED) is 0.162. The highest BCUT2D eigenvalue weighted by Crippen LogP contribution is 2.28. The number of primary amides is 1. The molecule has 0 atom stereocenters. The van der Waals surface area contributed by atoms with Crippen molar-refractivity contribution in [2.45, 2.75) is 149 Å². The third-order valence-corrected chi connectivity index (χ3v) is 7.08. The third-order valence-electron chi connectivity index (χ3n) is 7.08. The molecule has 0 unspecified atom stereocenters. The smallest absolute Gasteiger partial charge is 0.217 e. The molecule has 1 aromatic rings. The van der Waals surface area contributed by atoms with Crippen LogP contribution >= 0.6 is 12.4 Å². The summed E-state index contributed by atoms with van der Waals surface area (Å²) in [7, 11) is 0. The second-order valence-corrected chi connectivity index (χ2v) is 9.85. The van der Waals surface area contributed by atoms with Crippen LogP contribution < -0.4 is 11.1 Å². The molecule has 35 heavy (non-hydrogen) atoms. The van der Waals surface area contributed by atoms with Gasteiger partial charge >= 0.3 is 0 Å². The molecule has 0 spiro atoms. The van der Waals surface area contributed by atoms with Gasteiger partial charge in [0.25, 0.3) is 0 Å². The van der Waals surface area contributed by atoms with Crippen LogP contribution in [0.4, 0.5) is 0 Å². The number of benzene rings is 1. The van der Waals surface area contributed by atoms with Crippen molar-refractivity contribution in [2.24, 2.45) is 5.73 Å². The number of carbonyl (C=O) groups is 1.